The molecule has 0 unspecified atom stereocenters. The van der Waals surface area contributed by atoms with Gasteiger partial charge in [0.05, 0.1) is 34.4 Å². The number of thiophene rings is 1. The summed E-state index contributed by atoms with van der Waals surface area (Å²) in [6.07, 6.45) is 0. The summed E-state index contributed by atoms with van der Waals surface area (Å²) in [6.45, 7) is 0.857. The highest BCUT2D eigenvalue weighted by Gasteiger charge is 2.30. The molecule has 1 aliphatic heterocycles. The first-order valence-electron chi connectivity index (χ1n) is 10.1. The van der Waals surface area contributed by atoms with Crippen LogP contribution in [0.15, 0.2) is 53.4 Å². The number of anilines is 1. The SMILES string of the molecule is NC(=O)c1cc(-c2ccccc2)sc1NC(=O)c1cc(S(=O)(=O)N2CCOCC2)c(Cl)cc1Cl. The summed E-state index contributed by atoms with van der Waals surface area (Å²) in [5.74, 6) is -1.42. The third-order valence-corrected chi connectivity index (χ3v) is 8.91. The van der Waals surface area contributed by atoms with Crippen LogP contribution in [0.1, 0.15) is 20.7 Å². The number of morpholine rings is 1. The van der Waals surface area contributed by atoms with Crippen LogP contribution in [0.2, 0.25) is 10.0 Å². The van der Waals surface area contributed by atoms with Gasteiger partial charge in [0, 0.05) is 18.0 Å². The molecule has 0 bridgehead atoms. The van der Waals surface area contributed by atoms with Gasteiger partial charge in [0.15, 0.2) is 0 Å². The number of nitrogens with two attached hydrogens (primary N) is 1. The van der Waals surface area contributed by atoms with E-state index in [-0.39, 0.29) is 57.4 Å². The summed E-state index contributed by atoms with van der Waals surface area (Å²) in [5.41, 5.74) is 6.38. The molecular weight excluding hydrogens is 521 g/mol. The van der Waals surface area contributed by atoms with Gasteiger partial charge in [-0.3, -0.25) is 9.59 Å². The average Bonchev–Trinajstić information content (AvgIpc) is 3.24. The zero-order valence-corrected chi connectivity index (χ0v) is 20.7. The maximum Gasteiger partial charge on any atom is 0.257 e. The number of primary amides is 1. The maximum absolute atomic E-state index is 13.1. The Morgan fingerprint density at radius 2 is 1.68 bits per heavy atom. The molecule has 2 amide bonds. The molecule has 0 atom stereocenters. The summed E-state index contributed by atoms with van der Waals surface area (Å²) >= 11 is 13.6. The first-order valence-corrected chi connectivity index (χ1v) is 13.1. The van der Waals surface area contributed by atoms with E-state index in [0.717, 1.165) is 27.8 Å². The van der Waals surface area contributed by atoms with E-state index >= 15 is 0 Å². The molecule has 1 saturated heterocycles. The Hall–Kier alpha value is -2.47. The van der Waals surface area contributed by atoms with E-state index in [1.165, 1.54) is 10.4 Å². The molecule has 178 valence electrons. The van der Waals surface area contributed by atoms with Gasteiger partial charge in [-0.2, -0.15) is 4.31 Å². The van der Waals surface area contributed by atoms with E-state index in [4.69, 9.17) is 33.7 Å². The lowest BCUT2D eigenvalue weighted by molar-refractivity contribution is 0.0730. The zero-order chi connectivity index (χ0) is 24.5. The number of nitrogens with one attached hydrogen (secondary N) is 1. The Kier molecular flexibility index (Phi) is 7.27. The van der Waals surface area contributed by atoms with Crippen molar-refractivity contribution in [3.8, 4) is 10.4 Å². The van der Waals surface area contributed by atoms with Crippen molar-refractivity contribution in [2.45, 2.75) is 4.90 Å². The first kappa shape index (κ1) is 24.6. The topological polar surface area (TPSA) is 119 Å². The lowest BCUT2D eigenvalue weighted by Gasteiger charge is -2.26. The lowest BCUT2D eigenvalue weighted by Crippen LogP contribution is -2.40. The van der Waals surface area contributed by atoms with Crippen molar-refractivity contribution < 1.29 is 22.7 Å². The molecule has 4 rings (SSSR count). The number of sulfonamides is 1. The fourth-order valence-electron chi connectivity index (χ4n) is 3.41. The number of benzene rings is 2. The normalized spacial score (nSPS) is 14.6. The molecule has 3 aromatic rings. The molecule has 3 N–H and O–H groups in total. The van der Waals surface area contributed by atoms with Gasteiger partial charge in [-0.15, -0.1) is 11.3 Å². The number of rotatable bonds is 6. The van der Waals surface area contributed by atoms with Crippen LogP contribution in [0.4, 0.5) is 5.00 Å². The molecule has 34 heavy (non-hydrogen) atoms. The highest BCUT2D eigenvalue weighted by molar-refractivity contribution is 7.89. The van der Waals surface area contributed by atoms with Crippen LogP contribution in [-0.2, 0) is 14.8 Å². The fraction of sp³-hybridized carbons (Fsp3) is 0.182. The number of hydrogen-bond acceptors (Lipinski definition) is 6. The molecule has 1 aliphatic rings. The third kappa shape index (κ3) is 4.97. The summed E-state index contributed by atoms with van der Waals surface area (Å²) in [7, 11) is -3.98. The van der Waals surface area contributed by atoms with Crippen LogP contribution in [0.3, 0.4) is 0 Å². The molecule has 0 saturated carbocycles. The number of ether oxygens (including phenoxy) is 1. The number of hydrogen-bond donors (Lipinski definition) is 2. The molecule has 1 aromatic heterocycles. The highest BCUT2D eigenvalue weighted by Crippen LogP contribution is 2.37. The van der Waals surface area contributed by atoms with E-state index in [9.17, 15) is 18.0 Å². The largest absolute Gasteiger partial charge is 0.379 e. The lowest BCUT2D eigenvalue weighted by atomic mass is 10.1. The molecule has 8 nitrogen and oxygen atoms in total. The quantitative estimate of drug-likeness (QED) is 0.488. The van der Waals surface area contributed by atoms with Crippen molar-refractivity contribution in [2.24, 2.45) is 5.73 Å². The van der Waals surface area contributed by atoms with Gasteiger partial charge in [-0.25, -0.2) is 8.42 Å². The zero-order valence-electron chi connectivity index (χ0n) is 17.6. The molecule has 2 aromatic carbocycles. The number of nitrogens with zero attached hydrogens (tertiary/aromatic N) is 1. The molecule has 0 spiro atoms. The fourth-order valence-corrected chi connectivity index (χ4v) is 6.71. The minimum absolute atomic E-state index is 0.0381. The number of halogens is 2. The van der Waals surface area contributed by atoms with Crippen molar-refractivity contribution >= 4 is 61.4 Å². The molecule has 12 heteroatoms. The van der Waals surface area contributed by atoms with Crippen molar-refractivity contribution in [1.29, 1.82) is 0 Å². The Labute approximate surface area is 210 Å². The van der Waals surface area contributed by atoms with Gasteiger partial charge >= 0.3 is 0 Å². The minimum atomic E-state index is -3.98. The summed E-state index contributed by atoms with van der Waals surface area (Å²) in [6, 6.07) is 13.2. The van der Waals surface area contributed by atoms with Crippen molar-refractivity contribution in [2.75, 3.05) is 31.6 Å². The second kappa shape index (κ2) is 10.0. The minimum Gasteiger partial charge on any atom is -0.379 e. The second-order valence-electron chi connectivity index (χ2n) is 7.32. The number of carbonyl (C=O) groups is 2. The Balaban J connectivity index is 1.68. The van der Waals surface area contributed by atoms with Gasteiger partial charge in [-0.05, 0) is 23.8 Å². The van der Waals surface area contributed by atoms with Crippen molar-refractivity contribution in [3.63, 3.8) is 0 Å². The van der Waals surface area contributed by atoms with Crippen LogP contribution in [0.5, 0.6) is 0 Å². The van der Waals surface area contributed by atoms with Crippen LogP contribution in [0.25, 0.3) is 10.4 Å². The van der Waals surface area contributed by atoms with Crippen LogP contribution in [0, 0.1) is 0 Å². The Morgan fingerprint density at radius 1 is 1.00 bits per heavy atom. The Morgan fingerprint density at radius 3 is 2.32 bits per heavy atom. The predicted octanol–water partition coefficient (Wildman–Crippen LogP) is 4.09. The summed E-state index contributed by atoms with van der Waals surface area (Å²) in [5, 5.41) is 2.72. The average molecular weight is 540 g/mol. The predicted molar refractivity (Wildman–Crippen MR) is 132 cm³/mol. The molecular formula is C22H19Cl2N3O5S2. The van der Waals surface area contributed by atoms with Crippen molar-refractivity contribution in [3.05, 3.63) is 69.7 Å². The van der Waals surface area contributed by atoms with Gasteiger partial charge in [0.1, 0.15) is 9.90 Å². The second-order valence-corrected chi connectivity index (χ2v) is 11.1. The van der Waals surface area contributed by atoms with Gasteiger partial charge in [0.25, 0.3) is 11.8 Å². The molecule has 0 aliphatic carbocycles. The standard InChI is InChI=1S/C22H19Cl2N3O5S2/c23-16-12-17(24)19(34(30,31)27-6-8-32-9-7-27)11-14(16)21(29)26-22-15(20(25)28)10-18(33-22)13-4-2-1-3-5-13/h1-5,10-12H,6-9H2,(H2,25,28)(H,26,29). The van der Waals surface area contributed by atoms with Gasteiger partial charge in [0.2, 0.25) is 10.0 Å². The van der Waals surface area contributed by atoms with E-state index in [1.807, 2.05) is 30.3 Å². The summed E-state index contributed by atoms with van der Waals surface area (Å²) < 4.78 is 32.7. The van der Waals surface area contributed by atoms with E-state index in [0.29, 0.717) is 0 Å². The van der Waals surface area contributed by atoms with Gasteiger partial charge in [-0.1, -0.05) is 53.5 Å². The van der Waals surface area contributed by atoms with Crippen LogP contribution >= 0.6 is 34.5 Å². The third-order valence-electron chi connectivity index (χ3n) is 5.14. The monoisotopic (exact) mass is 539 g/mol. The summed E-state index contributed by atoms with van der Waals surface area (Å²) in [4.78, 5) is 25.6. The maximum atomic E-state index is 13.1. The van der Waals surface area contributed by atoms with Crippen LogP contribution in [-0.4, -0.2) is 50.8 Å². The van der Waals surface area contributed by atoms with E-state index in [1.54, 1.807) is 6.07 Å². The van der Waals surface area contributed by atoms with E-state index < -0.39 is 21.8 Å². The molecule has 1 fully saturated rings. The molecule has 2 heterocycles. The molecule has 0 radical (unpaired) electrons. The Bertz CT molecular complexity index is 1350. The number of carbonyl (C=O) groups excluding carboxylic acids is 2. The first-order chi connectivity index (χ1) is 16.2. The van der Waals surface area contributed by atoms with Crippen molar-refractivity contribution in [1.82, 2.24) is 4.31 Å². The van der Waals surface area contributed by atoms with Crippen LogP contribution < -0.4 is 11.1 Å². The number of amides is 2. The highest BCUT2D eigenvalue weighted by atomic mass is 35.5. The van der Waals surface area contributed by atoms with Gasteiger partial charge < -0.3 is 15.8 Å². The smallest absolute Gasteiger partial charge is 0.257 e. The van der Waals surface area contributed by atoms with E-state index in [2.05, 4.69) is 5.32 Å².